The van der Waals surface area contributed by atoms with Gasteiger partial charge in [-0.25, -0.2) is 0 Å². The van der Waals surface area contributed by atoms with E-state index in [9.17, 15) is 5.11 Å². The van der Waals surface area contributed by atoms with Gasteiger partial charge < -0.3 is 14.7 Å². The van der Waals surface area contributed by atoms with Crippen molar-refractivity contribution in [2.45, 2.75) is 63.2 Å². The number of phenols is 1. The molecule has 0 spiro atoms. The summed E-state index contributed by atoms with van der Waals surface area (Å²) in [7, 11) is 0. The van der Waals surface area contributed by atoms with Crippen molar-refractivity contribution in [1.82, 2.24) is 4.90 Å². The van der Waals surface area contributed by atoms with Crippen LogP contribution in [-0.2, 0) is 6.42 Å². The molecule has 1 fully saturated rings. The summed E-state index contributed by atoms with van der Waals surface area (Å²) >= 11 is 0. The Morgan fingerprint density at radius 1 is 0.771 bits per heavy atom. The number of nitrogens with zero attached hydrogens (tertiary/aromatic N) is 1. The van der Waals surface area contributed by atoms with E-state index in [1.807, 2.05) is 12.1 Å². The largest absolute Gasteiger partial charge is 0.508 e. The van der Waals surface area contributed by atoms with Crippen LogP contribution in [0.3, 0.4) is 0 Å². The molecule has 0 unspecified atom stereocenters. The SMILES string of the molecule is Oc1ccc2c(c1)[C@@H](c1ccc(CCCCCCCN3CCCC3)cc1)[C@@H](c1ccccc1)CO2. The van der Waals surface area contributed by atoms with E-state index >= 15 is 0 Å². The van der Waals surface area contributed by atoms with Crippen LogP contribution in [0.25, 0.3) is 0 Å². The third-order valence-electron chi connectivity index (χ3n) is 7.85. The zero-order chi connectivity index (χ0) is 23.9. The third kappa shape index (κ3) is 6.08. The van der Waals surface area contributed by atoms with E-state index < -0.39 is 0 Å². The van der Waals surface area contributed by atoms with Gasteiger partial charge in [0.1, 0.15) is 11.5 Å². The summed E-state index contributed by atoms with van der Waals surface area (Å²) in [6, 6.07) is 25.3. The molecule has 3 aromatic rings. The maximum atomic E-state index is 10.2. The predicted octanol–water partition coefficient (Wildman–Crippen LogP) is 7.29. The summed E-state index contributed by atoms with van der Waals surface area (Å²) in [5.74, 6) is 1.56. The second-order valence-corrected chi connectivity index (χ2v) is 10.3. The molecule has 2 aliphatic rings. The molecule has 0 aromatic heterocycles. The molecule has 3 aromatic carbocycles. The van der Waals surface area contributed by atoms with E-state index in [1.54, 1.807) is 6.07 Å². The van der Waals surface area contributed by atoms with Gasteiger partial charge in [0, 0.05) is 17.4 Å². The van der Waals surface area contributed by atoms with Crippen molar-refractivity contribution < 1.29 is 9.84 Å². The smallest absolute Gasteiger partial charge is 0.123 e. The maximum absolute atomic E-state index is 10.2. The van der Waals surface area contributed by atoms with Crippen molar-refractivity contribution in [3.63, 3.8) is 0 Å². The van der Waals surface area contributed by atoms with Gasteiger partial charge in [0.15, 0.2) is 0 Å². The Labute approximate surface area is 210 Å². The first-order valence-electron chi connectivity index (χ1n) is 13.6. The van der Waals surface area contributed by atoms with Gasteiger partial charge in [0.25, 0.3) is 0 Å². The second kappa shape index (κ2) is 11.8. The number of fused-ring (bicyclic) bond motifs is 1. The Bertz CT molecular complexity index is 1060. The maximum Gasteiger partial charge on any atom is 0.123 e. The molecule has 0 aliphatic carbocycles. The Balaban J connectivity index is 1.20. The molecule has 2 atom stereocenters. The molecule has 3 heteroatoms. The predicted molar refractivity (Wildman–Crippen MR) is 144 cm³/mol. The quantitative estimate of drug-likeness (QED) is 0.317. The zero-order valence-corrected chi connectivity index (χ0v) is 20.9. The molecule has 35 heavy (non-hydrogen) atoms. The minimum absolute atomic E-state index is 0.165. The number of hydrogen-bond donors (Lipinski definition) is 1. The first-order chi connectivity index (χ1) is 17.3. The number of aryl methyl sites for hydroxylation is 1. The van der Waals surface area contributed by atoms with Crippen LogP contribution >= 0.6 is 0 Å². The lowest BCUT2D eigenvalue weighted by Gasteiger charge is -2.34. The topological polar surface area (TPSA) is 32.7 Å². The van der Waals surface area contributed by atoms with Crippen molar-refractivity contribution in [2.24, 2.45) is 0 Å². The lowest BCUT2D eigenvalue weighted by Crippen LogP contribution is -2.25. The minimum atomic E-state index is 0.165. The Hall–Kier alpha value is -2.78. The van der Waals surface area contributed by atoms with Crippen LogP contribution in [-0.4, -0.2) is 36.2 Å². The van der Waals surface area contributed by atoms with E-state index in [4.69, 9.17) is 4.74 Å². The molecular weight excluding hydrogens is 430 g/mol. The number of unbranched alkanes of at least 4 members (excludes halogenated alkanes) is 4. The second-order valence-electron chi connectivity index (χ2n) is 10.3. The van der Waals surface area contributed by atoms with Gasteiger partial charge in [0.2, 0.25) is 0 Å². The van der Waals surface area contributed by atoms with Gasteiger partial charge in [-0.1, -0.05) is 73.9 Å². The zero-order valence-electron chi connectivity index (χ0n) is 20.9. The highest BCUT2D eigenvalue weighted by Gasteiger charge is 2.33. The van der Waals surface area contributed by atoms with Gasteiger partial charge >= 0.3 is 0 Å². The van der Waals surface area contributed by atoms with Crippen LogP contribution in [0.2, 0.25) is 0 Å². The van der Waals surface area contributed by atoms with E-state index in [-0.39, 0.29) is 11.8 Å². The van der Waals surface area contributed by atoms with Crippen molar-refractivity contribution in [1.29, 1.82) is 0 Å². The number of likely N-dealkylation sites (tertiary alicyclic amines) is 1. The van der Waals surface area contributed by atoms with Crippen LogP contribution < -0.4 is 4.74 Å². The Morgan fingerprint density at radius 2 is 1.51 bits per heavy atom. The van der Waals surface area contributed by atoms with Crippen molar-refractivity contribution >= 4 is 0 Å². The number of hydrogen-bond acceptors (Lipinski definition) is 3. The Morgan fingerprint density at radius 3 is 2.31 bits per heavy atom. The fourth-order valence-electron chi connectivity index (χ4n) is 5.90. The van der Waals surface area contributed by atoms with E-state index in [2.05, 4.69) is 59.5 Å². The number of benzene rings is 3. The van der Waals surface area contributed by atoms with Crippen LogP contribution in [0.5, 0.6) is 11.5 Å². The first kappa shape index (κ1) is 23.9. The molecule has 0 saturated carbocycles. The highest BCUT2D eigenvalue weighted by molar-refractivity contribution is 5.50. The van der Waals surface area contributed by atoms with E-state index in [0.717, 1.165) is 17.7 Å². The van der Waals surface area contributed by atoms with Crippen LogP contribution in [0, 0.1) is 0 Å². The van der Waals surface area contributed by atoms with Crippen molar-refractivity contribution in [3.8, 4) is 11.5 Å². The molecule has 1 saturated heterocycles. The molecule has 0 radical (unpaired) electrons. The van der Waals surface area contributed by atoms with Gasteiger partial charge in [0.05, 0.1) is 6.61 Å². The highest BCUT2D eigenvalue weighted by atomic mass is 16.5. The molecule has 2 heterocycles. The molecule has 2 aliphatic heterocycles. The van der Waals surface area contributed by atoms with Gasteiger partial charge in [-0.3, -0.25) is 0 Å². The summed E-state index contributed by atoms with van der Waals surface area (Å²) in [5, 5.41) is 10.2. The fraction of sp³-hybridized carbons (Fsp3) is 0.438. The fourth-order valence-corrected chi connectivity index (χ4v) is 5.90. The summed E-state index contributed by atoms with van der Waals surface area (Å²) in [6.45, 7) is 4.59. The van der Waals surface area contributed by atoms with Crippen LogP contribution in [0.1, 0.15) is 79.0 Å². The van der Waals surface area contributed by atoms with Gasteiger partial charge in [-0.05, 0) is 86.6 Å². The van der Waals surface area contributed by atoms with Crippen molar-refractivity contribution in [3.05, 3.63) is 95.1 Å². The van der Waals surface area contributed by atoms with Gasteiger partial charge in [-0.15, -0.1) is 0 Å². The van der Waals surface area contributed by atoms with Gasteiger partial charge in [-0.2, -0.15) is 0 Å². The molecule has 3 nitrogen and oxygen atoms in total. The number of rotatable bonds is 10. The molecule has 184 valence electrons. The lowest BCUT2D eigenvalue weighted by atomic mass is 9.75. The lowest BCUT2D eigenvalue weighted by molar-refractivity contribution is 0.248. The van der Waals surface area contributed by atoms with E-state index in [0.29, 0.717) is 12.4 Å². The average molecular weight is 470 g/mol. The number of phenolic OH excluding ortho intramolecular Hbond substituents is 1. The van der Waals surface area contributed by atoms with E-state index in [1.165, 1.54) is 81.3 Å². The molecular formula is C32H39NO2. The highest BCUT2D eigenvalue weighted by Crippen LogP contribution is 2.47. The number of ether oxygens (including phenoxy) is 1. The molecule has 0 amide bonds. The normalized spacial score (nSPS) is 19.9. The number of aromatic hydroxyl groups is 1. The summed E-state index contributed by atoms with van der Waals surface area (Å²) in [6.07, 6.45) is 10.6. The van der Waals surface area contributed by atoms with Crippen LogP contribution in [0.4, 0.5) is 0 Å². The molecule has 1 N–H and O–H groups in total. The van der Waals surface area contributed by atoms with Crippen molar-refractivity contribution in [2.75, 3.05) is 26.2 Å². The monoisotopic (exact) mass is 469 g/mol. The minimum Gasteiger partial charge on any atom is -0.508 e. The molecule has 5 rings (SSSR count). The standard InChI is InChI=1S/C32H39NO2/c34-28-18-19-31-29(23-28)32(30(24-35-31)26-12-6-4-7-13-26)27-16-14-25(15-17-27)11-5-2-1-3-8-20-33-21-9-10-22-33/h4,6-7,12-19,23,30,32,34H,1-3,5,8-11,20-22,24H2/t30-,32-/m1/s1. The first-order valence-corrected chi connectivity index (χ1v) is 13.6. The molecule has 0 bridgehead atoms. The third-order valence-corrected chi connectivity index (χ3v) is 7.85. The Kier molecular flexibility index (Phi) is 8.05. The van der Waals surface area contributed by atoms with Crippen LogP contribution in [0.15, 0.2) is 72.8 Å². The summed E-state index contributed by atoms with van der Waals surface area (Å²) < 4.78 is 6.13. The summed E-state index contributed by atoms with van der Waals surface area (Å²) in [4.78, 5) is 2.63. The average Bonchev–Trinajstić information content (AvgIpc) is 3.42. The summed E-state index contributed by atoms with van der Waals surface area (Å²) in [5.41, 5.74) is 5.07.